The number of fused-ring (bicyclic) bond motifs is 1. The summed E-state index contributed by atoms with van der Waals surface area (Å²) < 4.78 is 14.6. The van der Waals surface area contributed by atoms with E-state index in [-0.39, 0.29) is 5.82 Å². The van der Waals surface area contributed by atoms with Gasteiger partial charge in [-0.1, -0.05) is 6.92 Å². The number of rotatable bonds is 3. The Morgan fingerprint density at radius 1 is 1.36 bits per heavy atom. The third kappa shape index (κ3) is 1.58. The molecule has 2 nitrogen and oxygen atoms in total. The highest BCUT2D eigenvalue weighted by atomic mass is 19.1. The summed E-state index contributed by atoms with van der Waals surface area (Å²) in [5.74, 6) is -0.238. The first-order valence-corrected chi connectivity index (χ1v) is 4.71. The molecule has 0 amide bonds. The van der Waals surface area contributed by atoms with Gasteiger partial charge >= 0.3 is 0 Å². The second-order valence-corrected chi connectivity index (χ2v) is 3.18. The van der Waals surface area contributed by atoms with Crippen LogP contribution in [0.25, 0.3) is 10.9 Å². The Labute approximate surface area is 81.9 Å². The molecule has 74 valence electrons. The van der Waals surface area contributed by atoms with Gasteiger partial charge in [0.15, 0.2) is 0 Å². The van der Waals surface area contributed by atoms with E-state index in [0.29, 0.717) is 6.61 Å². The van der Waals surface area contributed by atoms with Crippen molar-refractivity contribution in [2.24, 2.45) is 0 Å². The second kappa shape index (κ2) is 3.70. The maximum atomic E-state index is 12.9. The number of hydrogen-bond acceptors (Lipinski definition) is 1. The van der Waals surface area contributed by atoms with Crippen molar-refractivity contribution in [1.29, 1.82) is 0 Å². The topological polar surface area (TPSA) is 14.2 Å². The maximum absolute atomic E-state index is 12.9. The quantitative estimate of drug-likeness (QED) is 0.730. The molecule has 1 heterocycles. The van der Waals surface area contributed by atoms with Gasteiger partial charge < -0.3 is 4.84 Å². The minimum absolute atomic E-state index is 0.238. The molecular weight excluding hydrogens is 181 g/mol. The van der Waals surface area contributed by atoms with Crippen LogP contribution in [0.4, 0.5) is 4.39 Å². The summed E-state index contributed by atoms with van der Waals surface area (Å²) in [5.41, 5.74) is 0.776. The van der Waals surface area contributed by atoms with E-state index in [1.807, 2.05) is 13.0 Å². The highest BCUT2D eigenvalue weighted by molar-refractivity contribution is 5.79. The maximum Gasteiger partial charge on any atom is 0.125 e. The van der Waals surface area contributed by atoms with E-state index in [2.05, 4.69) is 0 Å². The van der Waals surface area contributed by atoms with Crippen molar-refractivity contribution < 1.29 is 9.23 Å². The average Bonchev–Trinajstić information content (AvgIpc) is 2.57. The van der Waals surface area contributed by atoms with Gasteiger partial charge in [-0.2, -0.15) is 4.73 Å². The van der Waals surface area contributed by atoms with Crippen molar-refractivity contribution in [3.8, 4) is 0 Å². The summed E-state index contributed by atoms with van der Waals surface area (Å²) in [6, 6.07) is 6.58. The summed E-state index contributed by atoms with van der Waals surface area (Å²) in [6.45, 7) is 2.67. The predicted octanol–water partition coefficient (Wildman–Crippen LogP) is 2.62. The van der Waals surface area contributed by atoms with Crippen LogP contribution in [0.15, 0.2) is 30.5 Å². The Balaban J connectivity index is 2.40. The Bertz CT molecular complexity index is 436. The van der Waals surface area contributed by atoms with Crippen LogP contribution < -0.4 is 4.84 Å². The SMILES string of the molecule is CCCOn1ccc2ccc(F)cc21. The fourth-order valence-corrected chi connectivity index (χ4v) is 1.38. The first-order valence-electron chi connectivity index (χ1n) is 4.71. The summed E-state index contributed by atoms with van der Waals surface area (Å²) in [6.07, 6.45) is 2.74. The Morgan fingerprint density at radius 2 is 2.21 bits per heavy atom. The van der Waals surface area contributed by atoms with Gasteiger partial charge in [0, 0.05) is 17.6 Å². The predicted molar refractivity (Wildman–Crippen MR) is 53.6 cm³/mol. The molecule has 0 saturated heterocycles. The molecule has 0 aliphatic rings. The molecule has 2 rings (SSSR count). The van der Waals surface area contributed by atoms with Crippen LogP contribution in [0.5, 0.6) is 0 Å². The van der Waals surface area contributed by atoms with Crippen LogP contribution in [0.3, 0.4) is 0 Å². The molecule has 2 aromatic rings. The molecular formula is C11H12FNO. The Kier molecular flexibility index (Phi) is 2.39. The molecule has 0 radical (unpaired) electrons. The summed E-state index contributed by atoms with van der Waals surface area (Å²) in [4.78, 5) is 5.41. The van der Waals surface area contributed by atoms with Crippen LogP contribution in [-0.2, 0) is 0 Å². The molecule has 0 atom stereocenters. The average molecular weight is 193 g/mol. The van der Waals surface area contributed by atoms with Gasteiger partial charge in [0.25, 0.3) is 0 Å². The molecule has 0 unspecified atom stereocenters. The molecule has 0 spiro atoms. The van der Waals surface area contributed by atoms with E-state index in [9.17, 15) is 4.39 Å². The van der Waals surface area contributed by atoms with Crippen molar-refractivity contribution in [2.75, 3.05) is 6.61 Å². The summed E-state index contributed by atoms with van der Waals surface area (Å²) in [5, 5.41) is 0.988. The highest BCUT2D eigenvalue weighted by Gasteiger charge is 2.02. The second-order valence-electron chi connectivity index (χ2n) is 3.18. The minimum atomic E-state index is -0.238. The van der Waals surface area contributed by atoms with E-state index in [4.69, 9.17) is 4.84 Å². The zero-order valence-corrected chi connectivity index (χ0v) is 8.03. The first kappa shape index (κ1) is 9.06. The lowest BCUT2D eigenvalue weighted by molar-refractivity contribution is 0.121. The van der Waals surface area contributed by atoms with Crippen LogP contribution in [0.2, 0.25) is 0 Å². The Morgan fingerprint density at radius 3 is 3.00 bits per heavy atom. The normalized spacial score (nSPS) is 10.7. The third-order valence-electron chi connectivity index (χ3n) is 2.05. The number of nitrogens with zero attached hydrogens (tertiary/aromatic N) is 1. The van der Waals surface area contributed by atoms with Crippen LogP contribution in [0, 0.1) is 5.82 Å². The monoisotopic (exact) mass is 193 g/mol. The number of aromatic nitrogens is 1. The van der Waals surface area contributed by atoms with Crippen LogP contribution in [-0.4, -0.2) is 11.3 Å². The molecule has 0 N–H and O–H groups in total. The zero-order valence-electron chi connectivity index (χ0n) is 8.03. The molecule has 0 aliphatic heterocycles. The van der Waals surface area contributed by atoms with E-state index >= 15 is 0 Å². The van der Waals surface area contributed by atoms with E-state index in [0.717, 1.165) is 17.3 Å². The Hall–Kier alpha value is -1.51. The number of benzene rings is 1. The van der Waals surface area contributed by atoms with E-state index < -0.39 is 0 Å². The molecule has 3 heteroatoms. The number of halogens is 1. The molecule has 14 heavy (non-hydrogen) atoms. The lowest BCUT2D eigenvalue weighted by atomic mass is 10.2. The van der Waals surface area contributed by atoms with E-state index in [1.165, 1.54) is 12.1 Å². The molecule has 0 saturated carbocycles. The van der Waals surface area contributed by atoms with Gasteiger partial charge in [-0.05, 0) is 24.6 Å². The summed E-state index contributed by atoms with van der Waals surface area (Å²) >= 11 is 0. The third-order valence-corrected chi connectivity index (χ3v) is 2.05. The molecule has 0 fully saturated rings. The summed E-state index contributed by atoms with van der Waals surface area (Å²) in [7, 11) is 0. The van der Waals surface area contributed by atoms with E-state index in [1.54, 1.807) is 17.0 Å². The molecule has 0 aliphatic carbocycles. The number of hydrogen-bond donors (Lipinski definition) is 0. The fourth-order valence-electron chi connectivity index (χ4n) is 1.38. The van der Waals surface area contributed by atoms with Crippen molar-refractivity contribution in [3.05, 3.63) is 36.3 Å². The highest BCUT2D eigenvalue weighted by Crippen LogP contribution is 2.15. The van der Waals surface area contributed by atoms with Crippen molar-refractivity contribution in [3.63, 3.8) is 0 Å². The standard InChI is InChI=1S/C11H12FNO/c1-2-7-14-13-6-5-9-3-4-10(12)8-11(9)13/h3-6,8H,2,7H2,1H3. The lowest BCUT2D eigenvalue weighted by Gasteiger charge is -2.06. The van der Waals surface area contributed by atoms with Gasteiger partial charge in [0.05, 0.1) is 5.52 Å². The minimum Gasteiger partial charge on any atom is -0.414 e. The van der Waals surface area contributed by atoms with Crippen molar-refractivity contribution in [2.45, 2.75) is 13.3 Å². The molecule has 1 aromatic carbocycles. The largest absolute Gasteiger partial charge is 0.414 e. The van der Waals surface area contributed by atoms with Gasteiger partial charge in [-0.3, -0.25) is 0 Å². The molecule has 1 aromatic heterocycles. The zero-order chi connectivity index (χ0) is 9.97. The van der Waals surface area contributed by atoms with Crippen LogP contribution in [0.1, 0.15) is 13.3 Å². The van der Waals surface area contributed by atoms with Crippen LogP contribution >= 0.6 is 0 Å². The van der Waals surface area contributed by atoms with Gasteiger partial charge in [-0.25, -0.2) is 4.39 Å². The van der Waals surface area contributed by atoms with Gasteiger partial charge in [-0.15, -0.1) is 0 Å². The van der Waals surface area contributed by atoms with Crippen molar-refractivity contribution >= 4 is 10.9 Å². The van der Waals surface area contributed by atoms with Gasteiger partial charge in [0.2, 0.25) is 0 Å². The smallest absolute Gasteiger partial charge is 0.125 e. The van der Waals surface area contributed by atoms with Crippen molar-refractivity contribution in [1.82, 2.24) is 4.73 Å². The fraction of sp³-hybridized carbons (Fsp3) is 0.273. The van der Waals surface area contributed by atoms with Gasteiger partial charge in [0.1, 0.15) is 12.4 Å². The first-order chi connectivity index (χ1) is 6.81. The lowest BCUT2D eigenvalue weighted by Crippen LogP contribution is -2.10. The molecule has 0 bridgehead atoms.